The highest BCUT2D eigenvalue weighted by Crippen LogP contribution is 2.38. The lowest BCUT2D eigenvalue weighted by Crippen LogP contribution is -2.25. The molecule has 2 rings (SSSR count). The van der Waals surface area contributed by atoms with Gasteiger partial charge < -0.3 is 15.2 Å². The molecule has 0 unspecified atom stereocenters. The van der Waals surface area contributed by atoms with Crippen LogP contribution in [0.5, 0.6) is 5.75 Å². The first-order chi connectivity index (χ1) is 9.02. The zero-order chi connectivity index (χ0) is 14.0. The molecule has 1 aliphatic carbocycles. The summed E-state index contributed by atoms with van der Waals surface area (Å²) >= 11 is 0. The largest absolute Gasteiger partial charge is 0.494 e. The molecule has 1 fully saturated rings. The van der Waals surface area contributed by atoms with Gasteiger partial charge >= 0.3 is 5.97 Å². The summed E-state index contributed by atoms with van der Waals surface area (Å²) in [5.74, 6) is -2.64. The maximum atomic E-state index is 13.4. The van der Waals surface area contributed by atoms with Gasteiger partial charge in [0.15, 0.2) is 11.6 Å². The van der Waals surface area contributed by atoms with Crippen molar-refractivity contribution in [2.24, 2.45) is 11.8 Å². The third kappa shape index (κ3) is 3.01. The zero-order valence-electron chi connectivity index (χ0n) is 10.4. The summed E-state index contributed by atoms with van der Waals surface area (Å²) in [5, 5.41) is 11.3. The number of amides is 1. The van der Waals surface area contributed by atoms with E-state index in [9.17, 15) is 14.0 Å². The van der Waals surface area contributed by atoms with Gasteiger partial charge in [0.2, 0.25) is 5.91 Å². The Balaban J connectivity index is 1.87. The molecule has 0 radical (unpaired) electrons. The van der Waals surface area contributed by atoms with Crippen molar-refractivity contribution in [3.05, 3.63) is 29.6 Å². The molecule has 0 spiro atoms. The van der Waals surface area contributed by atoms with Crippen molar-refractivity contribution in [1.82, 2.24) is 5.32 Å². The Kier molecular flexibility index (Phi) is 3.69. The number of carbonyl (C=O) groups excluding carboxylic acids is 1. The highest BCUT2D eigenvalue weighted by molar-refractivity contribution is 5.89. The quantitative estimate of drug-likeness (QED) is 0.839. The summed E-state index contributed by atoms with van der Waals surface area (Å²) in [5.41, 5.74) is 0.596. The van der Waals surface area contributed by atoms with E-state index in [4.69, 9.17) is 9.84 Å². The Hall–Kier alpha value is -2.11. The fourth-order valence-electron chi connectivity index (χ4n) is 1.90. The fourth-order valence-corrected chi connectivity index (χ4v) is 1.90. The van der Waals surface area contributed by atoms with Gasteiger partial charge in [-0.2, -0.15) is 0 Å². The average Bonchev–Trinajstić information content (AvgIpc) is 3.16. The topological polar surface area (TPSA) is 75.6 Å². The zero-order valence-corrected chi connectivity index (χ0v) is 10.4. The van der Waals surface area contributed by atoms with E-state index in [0.29, 0.717) is 12.0 Å². The van der Waals surface area contributed by atoms with Crippen LogP contribution in [0.3, 0.4) is 0 Å². The molecule has 0 aliphatic heterocycles. The molecule has 2 N–H and O–H groups in total. The third-order valence-corrected chi connectivity index (χ3v) is 3.13. The summed E-state index contributed by atoms with van der Waals surface area (Å²) in [6.07, 6.45) is 0.373. The van der Waals surface area contributed by atoms with Crippen LogP contribution in [0.4, 0.5) is 4.39 Å². The van der Waals surface area contributed by atoms with E-state index < -0.39 is 23.6 Å². The fraction of sp³-hybridized carbons (Fsp3) is 0.385. The first-order valence-corrected chi connectivity index (χ1v) is 5.86. The molecule has 1 amide bonds. The van der Waals surface area contributed by atoms with Gasteiger partial charge in [-0.3, -0.25) is 9.59 Å². The van der Waals surface area contributed by atoms with E-state index in [1.54, 1.807) is 6.07 Å². The number of methoxy groups -OCH3 is 1. The van der Waals surface area contributed by atoms with Crippen LogP contribution in [-0.2, 0) is 16.1 Å². The number of halogens is 1. The van der Waals surface area contributed by atoms with Crippen LogP contribution in [0, 0.1) is 17.7 Å². The van der Waals surface area contributed by atoms with E-state index in [1.165, 1.54) is 19.2 Å². The SMILES string of the molecule is COc1ccc(CNC(=O)[C@@H]2C[C@H]2C(=O)O)cc1F. The number of rotatable bonds is 5. The Morgan fingerprint density at radius 2 is 2.21 bits per heavy atom. The predicted molar refractivity (Wildman–Crippen MR) is 64.0 cm³/mol. The maximum absolute atomic E-state index is 13.4. The second-order valence-corrected chi connectivity index (χ2v) is 4.47. The van der Waals surface area contributed by atoms with Crippen LogP contribution < -0.4 is 10.1 Å². The van der Waals surface area contributed by atoms with Gasteiger partial charge in [0.1, 0.15) is 0 Å². The normalized spacial score (nSPS) is 20.7. The van der Waals surface area contributed by atoms with E-state index in [2.05, 4.69) is 5.32 Å². The number of carbonyl (C=O) groups is 2. The molecule has 1 aromatic rings. The first-order valence-electron chi connectivity index (χ1n) is 5.86. The van der Waals surface area contributed by atoms with Crippen molar-refractivity contribution in [1.29, 1.82) is 0 Å². The number of carboxylic acids is 1. The van der Waals surface area contributed by atoms with Crippen LogP contribution in [0.2, 0.25) is 0 Å². The van der Waals surface area contributed by atoms with E-state index in [1.807, 2.05) is 0 Å². The third-order valence-electron chi connectivity index (χ3n) is 3.13. The van der Waals surface area contributed by atoms with Crippen LogP contribution in [0.25, 0.3) is 0 Å². The molecule has 0 bridgehead atoms. The van der Waals surface area contributed by atoms with Gasteiger partial charge in [-0.15, -0.1) is 0 Å². The molecular weight excluding hydrogens is 253 g/mol. The number of ether oxygens (including phenoxy) is 1. The standard InChI is InChI=1S/C13H14FNO4/c1-19-11-3-2-7(4-10(11)14)6-15-12(16)8-5-9(8)13(17)18/h2-4,8-9H,5-6H2,1H3,(H,15,16)(H,17,18)/t8-,9-/m1/s1. The molecule has 19 heavy (non-hydrogen) atoms. The number of aliphatic carboxylic acids is 1. The minimum Gasteiger partial charge on any atom is -0.494 e. The Labute approximate surface area is 109 Å². The van der Waals surface area contributed by atoms with Crippen LogP contribution in [0.1, 0.15) is 12.0 Å². The van der Waals surface area contributed by atoms with Crippen molar-refractivity contribution in [3.8, 4) is 5.75 Å². The molecule has 0 heterocycles. The van der Waals surface area contributed by atoms with Gasteiger partial charge in [-0.1, -0.05) is 6.07 Å². The lowest BCUT2D eigenvalue weighted by molar-refractivity contribution is -0.140. The van der Waals surface area contributed by atoms with Gasteiger partial charge in [0.25, 0.3) is 0 Å². The number of nitrogens with one attached hydrogen (secondary N) is 1. The Morgan fingerprint density at radius 1 is 1.47 bits per heavy atom. The number of hydrogen-bond donors (Lipinski definition) is 2. The number of hydrogen-bond acceptors (Lipinski definition) is 3. The summed E-state index contributed by atoms with van der Waals surface area (Å²) in [6.45, 7) is 0.169. The first kappa shape index (κ1) is 13.3. The summed E-state index contributed by atoms with van der Waals surface area (Å²) in [6, 6.07) is 4.40. The molecular formula is C13H14FNO4. The van der Waals surface area contributed by atoms with Gasteiger partial charge in [-0.05, 0) is 24.1 Å². The number of benzene rings is 1. The second-order valence-electron chi connectivity index (χ2n) is 4.47. The molecule has 5 nitrogen and oxygen atoms in total. The van der Waals surface area contributed by atoms with Crippen molar-refractivity contribution in [2.75, 3.05) is 7.11 Å². The smallest absolute Gasteiger partial charge is 0.307 e. The summed E-state index contributed by atoms with van der Waals surface area (Å²) in [7, 11) is 1.37. The summed E-state index contributed by atoms with van der Waals surface area (Å²) in [4.78, 5) is 22.2. The lowest BCUT2D eigenvalue weighted by Gasteiger charge is -2.07. The molecule has 0 saturated heterocycles. The Morgan fingerprint density at radius 3 is 2.74 bits per heavy atom. The Bertz CT molecular complexity index is 517. The van der Waals surface area contributed by atoms with Gasteiger partial charge in [0.05, 0.1) is 18.9 Å². The van der Waals surface area contributed by atoms with Gasteiger partial charge in [0, 0.05) is 6.54 Å². The maximum Gasteiger partial charge on any atom is 0.307 e. The van der Waals surface area contributed by atoms with Crippen molar-refractivity contribution in [3.63, 3.8) is 0 Å². The van der Waals surface area contributed by atoms with Gasteiger partial charge in [-0.25, -0.2) is 4.39 Å². The average molecular weight is 267 g/mol. The highest BCUT2D eigenvalue weighted by atomic mass is 19.1. The highest BCUT2D eigenvalue weighted by Gasteiger charge is 2.48. The van der Waals surface area contributed by atoms with E-state index in [0.717, 1.165) is 0 Å². The van der Waals surface area contributed by atoms with Crippen molar-refractivity contribution < 1.29 is 23.8 Å². The molecule has 2 atom stereocenters. The number of carboxylic acid groups (broad SMARTS) is 1. The monoisotopic (exact) mass is 267 g/mol. The van der Waals surface area contributed by atoms with Crippen molar-refractivity contribution in [2.45, 2.75) is 13.0 Å². The molecule has 1 aromatic carbocycles. The predicted octanol–water partition coefficient (Wildman–Crippen LogP) is 1.17. The second kappa shape index (κ2) is 5.26. The molecule has 1 aliphatic rings. The van der Waals surface area contributed by atoms with Crippen LogP contribution in [0.15, 0.2) is 18.2 Å². The molecule has 1 saturated carbocycles. The molecule has 6 heteroatoms. The minimum absolute atomic E-state index is 0.142. The van der Waals surface area contributed by atoms with Crippen LogP contribution in [-0.4, -0.2) is 24.1 Å². The molecule has 102 valence electrons. The van der Waals surface area contributed by atoms with Crippen molar-refractivity contribution >= 4 is 11.9 Å². The van der Waals surface area contributed by atoms with Crippen LogP contribution >= 0.6 is 0 Å². The summed E-state index contributed by atoms with van der Waals surface area (Å²) < 4.78 is 18.2. The van der Waals surface area contributed by atoms with E-state index >= 15 is 0 Å². The molecule has 0 aromatic heterocycles. The lowest BCUT2D eigenvalue weighted by atomic mass is 10.2. The minimum atomic E-state index is -0.948. The van der Waals surface area contributed by atoms with E-state index in [-0.39, 0.29) is 18.2 Å².